The Morgan fingerprint density at radius 2 is 1.69 bits per heavy atom. The second-order valence-electron chi connectivity index (χ2n) is 5.79. The molecule has 0 spiro atoms. The van der Waals surface area contributed by atoms with Crippen LogP contribution >= 0.6 is 0 Å². The topological polar surface area (TPSA) is 81.5 Å². The number of carbonyl (C=O) groups is 1. The van der Waals surface area contributed by atoms with E-state index in [9.17, 15) is 13.2 Å². The first kappa shape index (κ1) is 19.6. The average Bonchev–Trinajstić information content (AvgIpc) is 2.66. The Morgan fingerprint density at radius 3 is 2.23 bits per heavy atom. The molecule has 0 aliphatic rings. The minimum atomic E-state index is -3.80. The second-order valence-corrected chi connectivity index (χ2v) is 7.84. The molecule has 0 atom stereocenters. The predicted molar refractivity (Wildman–Crippen MR) is 98.5 cm³/mol. The number of likely N-dealkylation sites (N-methyl/N-ethyl adjacent to an activating group) is 2. The predicted octanol–water partition coefficient (Wildman–Crippen LogP) is 2.23. The van der Waals surface area contributed by atoms with E-state index in [1.165, 1.54) is 31.3 Å². The molecule has 26 heavy (non-hydrogen) atoms. The fraction of sp³-hybridized carbons (Fsp3) is 0.263. The van der Waals surface area contributed by atoms with Gasteiger partial charge in [0.1, 0.15) is 0 Å². The Kier molecular flexibility index (Phi) is 6.50. The molecule has 0 unspecified atom stereocenters. The highest BCUT2D eigenvalue weighted by molar-refractivity contribution is 7.89. The molecular formula is C19H21N3O3S. The quantitative estimate of drug-likeness (QED) is 0.747. The summed E-state index contributed by atoms with van der Waals surface area (Å²) in [6.45, 7) is 2.53. The van der Waals surface area contributed by atoms with E-state index in [4.69, 9.17) is 5.26 Å². The van der Waals surface area contributed by atoms with Crippen LogP contribution in [0.25, 0.3) is 0 Å². The molecule has 2 aromatic rings. The van der Waals surface area contributed by atoms with E-state index in [0.717, 1.165) is 9.87 Å². The van der Waals surface area contributed by atoms with Crippen molar-refractivity contribution < 1.29 is 13.2 Å². The summed E-state index contributed by atoms with van der Waals surface area (Å²) in [6.07, 6.45) is 0. The molecule has 0 saturated heterocycles. The molecule has 0 aliphatic heterocycles. The Hall–Kier alpha value is -2.69. The average molecular weight is 371 g/mol. The molecule has 6 nitrogen and oxygen atoms in total. The highest BCUT2D eigenvalue weighted by Gasteiger charge is 2.24. The summed E-state index contributed by atoms with van der Waals surface area (Å²) in [5.74, 6) is -0.268. The first-order valence-corrected chi connectivity index (χ1v) is 9.60. The van der Waals surface area contributed by atoms with Gasteiger partial charge in [-0.3, -0.25) is 4.79 Å². The van der Waals surface area contributed by atoms with Gasteiger partial charge < -0.3 is 4.90 Å². The van der Waals surface area contributed by atoms with E-state index in [1.807, 2.05) is 43.3 Å². The number of hydrogen-bond donors (Lipinski definition) is 0. The van der Waals surface area contributed by atoms with Crippen LogP contribution in [0.2, 0.25) is 0 Å². The summed E-state index contributed by atoms with van der Waals surface area (Å²) in [5, 5.41) is 8.81. The van der Waals surface area contributed by atoms with Crippen molar-refractivity contribution in [1.29, 1.82) is 5.26 Å². The zero-order valence-corrected chi connectivity index (χ0v) is 15.6. The van der Waals surface area contributed by atoms with Gasteiger partial charge in [0.15, 0.2) is 0 Å². The van der Waals surface area contributed by atoms with Gasteiger partial charge in [-0.2, -0.15) is 9.57 Å². The number of hydrogen-bond acceptors (Lipinski definition) is 4. The van der Waals surface area contributed by atoms with Crippen LogP contribution in [-0.2, 0) is 21.4 Å². The molecule has 136 valence electrons. The van der Waals surface area contributed by atoms with E-state index in [1.54, 1.807) is 4.90 Å². The van der Waals surface area contributed by atoms with Gasteiger partial charge in [-0.15, -0.1) is 0 Å². The van der Waals surface area contributed by atoms with Gasteiger partial charge >= 0.3 is 0 Å². The fourth-order valence-corrected chi connectivity index (χ4v) is 3.56. The summed E-state index contributed by atoms with van der Waals surface area (Å²) < 4.78 is 26.2. The first-order chi connectivity index (χ1) is 12.4. The van der Waals surface area contributed by atoms with Crippen molar-refractivity contribution in [2.75, 3.05) is 20.1 Å². The Bertz CT molecular complexity index is 888. The van der Waals surface area contributed by atoms with Gasteiger partial charge in [-0.05, 0) is 36.8 Å². The van der Waals surface area contributed by atoms with E-state index in [2.05, 4.69) is 0 Å². The van der Waals surface area contributed by atoms with Crippen molar-refractivity contribution >= 4 is 15.9 Å². The van der Waals surface area contributed by atoms with Crippen molar-refractivity contribution in [3.8, 4) is 6.07 Å². The molecule has 0 radical (unpaired) electrons. The van der Waals surface area contributed by atoms with Crippen LogP contribution in [0.1, 0.15) is 18.1 Å². The molecule has 0 fully saturated rings. The molecule has 0 aromatic heterocycles. The maximum absolute atomic E-state index is 12.6. The number of sulfonamides is 1. The van der Waals surface area contributed by atoms with Crippen molar-refractivity contribution in [2.45, 2.75) is 18.4 Å². The molecule has 0 N–H and O–H groups in total. The van der Waals surface area contributed by atoms with Gasteiger partial charge in [0.05, 0.1) is 23.1 Å². The number of nitrogens with zero attached hydrogens (tertiary/aromatic N) is 3. The summed E-state index contributed by atoms with van der Waals surface area (Å²) in [7, 11) is -2.42. The maximum Gasteiger partial charge on any atom is 0.243 e. The minimum Gasteiger partial charge on any atom is -0.338 e. The van der Waals surface area contributed by atoms with Crippen LogP contribution in [0.5, 0.6) is 0 Å². The van der Waals surface area contributed by atoms with Crippen LogP contribution < -0.4 is 0 Å². The lowest BCUT2D eigenvalue weighted by molar-refractivity contribution is -0.131. The molecule has 7 heteroatoms. The largest absolute Gasteiger partial charge is 0.338 e. The highest BCUT2D eigenvalue weighted by Crippen LogP contribution is 2.15. The number of carbonyl (C=O) groups excluding carboxylic acids is 1. The summed E-state index contributed by atoms with van der Waals surface area (Å²) >= 11 is 0. The lowest BCUT2D eigenvalue weighted by Crippen LogP contribution is -2.40. The number of benzene rings is 2. The van der Waals surface area contributed by atoms with Gasteiger partial charge in [0, 0.05) is 20.1 Å². The monoisotopic (exact) mass is 371 g/mol. The van der Waals surface area contributed by atoms with Gasteiger partial charge in [0.25, 0.3) is 0 Å². The van der Waals surface area contributed by atoms with Crippen molar-refractivity contribution in [3.63, 3.8) is 0 Å². The van der Waals surface area contributed by atoms with E-state index < -0.39 is 10.0 Å². The molecule has 2 aromatic carbocycles. The summed E-state index contributed by atoms with van der Waals surface area (Å²) in [6, 6.07) is 17.1. The minimum absolute atomic E-state index is 0.0536. The summed E-state index contributed by atoms with van der Waals surface area (Å²) in [5.41, 5.74) is 1.36. The van der Waals surface area contributed by atoms with Crippen LogP contribution in [0.4, 0.5) is 0 Å². The van der Waals surface area contributed by atoms with E-state index >= 15 is 0 Å². The zero-order valence-electron chi connectivity index (χ0n) is 14.8. The SMILES string of the molecule is CCN(Cc1ccccc1)C(=O)CN(C)S(=O)(=O)c1ccc(C#N)cc1. The molecule has 0 aliphatic carbocycles. The summed E-state index contributed by atoms with van der Waals surface area (Å²) in [4.78, 5) is 14.2. The van der Waals surface area contributed by atoms with Crippen molar-refractivity contribution in [3.05, 3.63) is 65.7 Å². The van der Waals surface area contributed by atoms with Crippen molar-refractivity contribution in [2.24, 2.45) is 0 Å². The Labute approximate surface area is 154 Å². The molecule has 0 bridgehead atoms. The standard InChI is InChI=1S/C19H21N3O3S/c1-3-22(14-17-7-5-4-6-8-17)19(23)15-21(2)26(24,25)18-11-9-16(13-20)10-12-18/h4-12H,3,14-15H2,1-2H3. The normalized spacial score (nSPS) is 11.2. The van der Waals surface area contributed by atoms with Crippen LogP contribution in [0.3, 0.4) is 0 Å². The third kappa shape index (κ3) is 4.69. The van der Waals surface area contributed by atoms with Crippen molar-refractivity contribution in [1.82, 2.24) is 9.21 Å². The van der Waals surface area contributed by atoms with E-state index in [0.29, 0.717) is 18.7 Å². The fourth-order valence-electron chi connectivity index (χ4n) is 2.44. The van der Waals surface area contributed by atoms with Gasteiger partial charge in [-0.1, -0.05) is 30.3 Å². The second kappa shape index (κ2) is 8.61. The van der Waals surface area contributed by atoms with Crippen LogP contribution in [0.15, 0.2) is 59.5 Å². The first-order valence-electron chi connectivity index (χ1n) is 8.16. The third-order valence-corrected chi connectivity index (χ3v) is 5.82. The maximum atomic E-state index is 12.6. The molecule has 2 rings (SSSR count). The highest BCUT2D eigenvalue weighted by atomic mass is 32.2. The zero-order chi connectivity index (χ0) is 19.2. The van der Waals surface area contributed by atoms with Crippen LogP contribution in [0, 0.1) is 11.3 Å². The lowest BCUT2D eigenvalue weighted by atomic mass is 10.2. The Balaban J connectivity index is 2.09. The third-order valence-electron chi connectivity index (χ3n) is 4.00. The number of rotatable bonds is 7. The molecule has 0 saturated carbocycles. The van der Waals surface area contributed by atoms with Gasteiger partial charge in [-0.25, -0.2) is 8.42 Å². The number of amides is 1. The smallest absolute Gasteiger partial charge is 0.243 e. The van der Waals surface area contributed by atoms with Gasteiger partial charge in [0.2, 0.25) is 15.9 Å². The molecule has 1 amide bonds. The molecule has 0 heterocycles. The van der Waals surface area contributed by atoms with E-state index in [-0.39, 0.29) is 17.3 Å². The Morgan fingerprint density at radius 1 is 1.08 bits per heavy atom. The van der Waals surface area contributed by atoms with Crippen LogP contribution in [-0.4, -0.2) is 43.7 Å². The molecular weight excluding hydrogens is 350 g/mol. The number of nitriles is 1. The lowest BCUT2D eigenvalue weighted by Gasteiger charge is -2.24.